The highest BCUT2D eigenvalue weighted by molar-refractivity contribution is 6.03. The van der Waals surface area contributed by atoms with Crippen molar-refractivity contribution >= 4 is 11.6 Å². The first-order valence-corrected chi connectivity index (χ1v) is 6.44. The van der Waals surface area contributed by atoms with Crippen molar-refractivity contribution in [2.24, 2.45) is 0 Å². The molecule has 3 aromatic rings. The van der Waals surface area contributed by atoms with E-state index in [9.17, 15) is 4.79 Å². The molecule has 1 amide bonds. The highest BCUT2D eigenvalue weighted by Crippen LogP contribution is 2.11. The molecule has 0 aliphatic carbocycles. The molecule has 0 unspecified atom stereocenters. The van der Waals surface area contributed by atoms with Crippen molar-refractivity contribution < 1.29 is 4.79 Å². The minimum absolute atomic E-state index is 0.174. The summed E-state index contributed by atoms with van der Waals surface area (Å²) in [6.07, 6.45) is 6.34. The van der Waals surface area contributed by atoms with Crippen LogP contribution >= 0.6 is 0 Å². The fourth-order valence-electron chi connectivity index (χ4n) is 1.90. The molecule has 6 heteroatoms. The largest absolute Gasteiger partial charge is 0.322 e. The lowest BCUT2D eigenvalue weighted by Gasteiger charge is -2.06. The average molecular weight is 279 g/mol. The van der Waals surface area contributed by atoms with Gasteiger partial charge in [-0.1, -0.05) is 12.1 Å². The molecule has 21 heavy (non-hydrogen) atoms. The summed E-state index contributed by atoms with van der Waals surface area (Å²) >= 11 is 0. The Hall–Kier alpha value is -3.02. The molecule has 1 N–H and O–H groups in total. The quantitative estimate of drug-likeness (QED) is 0.792. The maximum absolute atomic E-state index is 12.0. The Kier molecular flexibility index (Phi) is 3.68. The van der Waals surface area contributed by atoms with E-state index in [4.69, 9.17) is 0 Å². The molecule has 0 saturated heterocycles. The first kappa shape index (κ1) is 13.0. The van der Waals surface area contributed by atoms with Crippen molar-refractivity contribution in [3.05, 3.63) is 72.6 Å². The number of carbonyl (C=O) groups is 1. The third kappa shape index (κ3) is 3.30. The van der Waals surface area contributed by atoms with Gasteiger partial charge in [-0.25, -0.2) is 9.67 Å². The molecular weight excluding hydrogens is 266 g/mol. The van der Waals surface area contributed by atoms with Crippen LogP contribution in [0.5, 0.6) is 0 Å². The summed E-state index contributed by atoms with van der Waals surface area (Å²) in [5, 5.41) is 6.88. The van der Waals surface area contributed by atoms with Crippen LogP contribution in [0.4, 0.5) is 5.69 Å². The first-order valence-electron chi connectivity index (χ1n) is 6.44. The second kappa shape index (κ2) is 5.96. The van der Waals surface area contributed by atoms with Crippen molar-refractivity contribution in [2.45, 2.75) is 6.54 Å². The van der Waals surface area contributed by atoms with Crippen LogP contribution < -0.4 is 5.32 Å². The van der Waals surface area contributed by atoms with Gasteiger partial charge in [0.15, 0.2) is 0 Å². The molecule has 0 atom stereocenters. The van der Waals surface area contributed by atoms with E-state index in [1.807, 2.05) is 24.3 Å². The van der Waals surface area contributed by atoms with E-state index < -0.39 is 0 Å². The van der Waals surface area contributed by atoms with Crippen LogP contribution in [0.2, 0.25) is 0 Å². The van der Waals surface area contributed by atoms with Crippen LogP contribution in [0.15, 0.2) is 61.4 Å². The van der Waals surface area contributed by atoms with E-state index in [1.54, 1.807) is 29.3 Å². The Morgan fingerprint density at radius 1 is 1.14 bits per heavy atom. The normalized spacial score (nSPS) is 10.3. The predicted octanol–water partition coefficient (Wildman–Crippen LogP) is 1.97. The molecule has 1 aromatic carbocycles. The van der Waals surface area contributed by atoms with Gasteiger partial charge < -0.3 is 5.32 Å². The van der Waals surface area contributed by atoms with Gasteiger partial charge in [0.25, 0.3) is 5.91 Å². The molecule has 0 aliphatic rings. The summed E-state index contributed by atoms with van der Waals surface area (Å²) in [5.74, 6) is -0.174. The van der Waals surface area contributed by atoms with E-state index in [1.165, 1.54) is 12.5 Å². The lowest BCUT2D eigenvalue weighted by molar-refractivity contribution is 0.102. The predicted molar refractivity (Wildman–Crippen MR) is 77.8 cm³/mol. The number of rotatable bonds is 4. The van der Waals surface area contributed by atoms with Crippen molar-refractivity contribution in [3.63, 3.8) is 0 Å². The van der Waals surface area contributed by atoms with Crippen molar-refractivity contribution in [1.29, 1.82) is 0 Å². The highest BCUT2D eigenvalue weighted by Gasteiger charge is 2.05. The maximum atomic E-state index is 12.0. The minimum Gasteiger partial charge on any atom is -0.322 e. The summed E-state index contributed by atoms with van der Waals surface area (Å²) in [6, 6.07) is 11.1. The second-order valence-electron chi connectivity index (χ2n) is 4.49. The summed E-state index contributed by atoms with van der Waals surface area (Å²) in [7, 11) is 0. The molecule has 3 rings (SSSR count). The van der Waals surface area contributed by atoms with Gasteiger partial charge in [-0.2, -0.15) is 5.10 Å². The van der Waals surface area contributed by atoms with Crippen molar-refractivity contribution in [1.82, 2.24) is 19.7 Å². The summed E-state index contributed by atoms with van der Waals surface area (Å²) in [5.41, 5.74) is 2.36. The zero-order valence-corrected chi connectivity index (χ0v) is 11.2. The van der Waals surface area contributed by atoms with E-state index >= 15 is 0 Å². The van der Waals surface area contributed by atoms with Gasteiger partial charge in [0.1, 0.15) is 12.7 Å². The fourth-order valence-corrected chi connectivity index (χ4v) is 1.90. The van der Waals surface area contributed by atoms with Crippen molar-refractivity contribution in [3.8, 4) is 0 Å². The number of nitrogens with one attached hydrogen (secondary N) is 1. The van der Waals surface area contributed by atoms with Gasteiger partial charge in [0.05, 0.1) is 12.1 Å². The summed E-state index contributed by atoms with van der Waals surface area (Å²) < 4.78 is 1.74. The number of pyridine rings is 1. The topological polar surface area (TPSA) is 72.7 Å². The number of amides is 1. The first-order chi connectivity index (χ1) is 10.3. The van der Waals surface area contributed by atoms with Gasteiger partial charge in [-0.15, -0.1) is 0 Å². The van der Waals surface area contributed by atoms with Crippen LogP contribution in [0, 0.1) is 0 Å². The molecule has 2 aromatic heterocycles. The van der Waals surface area contributed by atoms with Crippen LogP contribution in [0.25, 0.3) is 0 Å². The lowest BCUT2D eigenvalue weighted by atomic mass is 10.2. The van der Waals surface area contributed by atoms with E-state index in [2.05, 4.69) is 20.4 Å². The van der Waals surface area contributed by atoms with Crippen LogP contribution in [-0.4, -0.2) is 25.7 Å². The standard InChI is InChI=1S/C15H13N5O/c21-15(13-2-1-7-16-8-13)19-14-5-3-12(4-6-14)9-20-11-17-10-18-20/h1-8,10-11H,9H2,(H,19,21). The molecular formula is C15H13N5O. The number of hydrogen-bond donors (Lipinski definition) is 1. The third-order valence-corrected chi connectivity index (χ3v) is 2.95. The summed E-state index contributed by atoms with van der Waals surface area (Å²) in [6.45, 7) is 0.650. The van der Waals surface area contributed by atoms with Crippen molar-refractivity contribution in [2.75, 3.05) is 5.32 Å². The van der Waals surface area contributed by atoms with E-state index in [-0.39, 0.29) is 5.91 Å². The van der Waals surface area contributed by atoms with Crippen LogP contribution in [0.3, 0.4) is 0 Å². The number of anilines is 1. The van der Waals surface area contributed by atoms with Gasteiger partial charge in [0, 0.05) is 18.1 Å². The number of nitrogens with zero attached hydrogens (tertiary/aromatic N) is 4. The zero-order chi connectivity index (χ0) is 14.5. The number of aromatic nitrogens is 4. The molecule has 104 valence electrons. The Morgan fingerprint density at radius 3 is 2.67 bits per heavy atom. The molecule has 0 fully saturated rings. The highest BCUT2D eigenvalue weighted by atomic mass is 16.1. The molecule has 0 spiro atoms. The number of hydrogen-bond acceptors (Lipinski definition) is 4. The summed E-state index contributed by atoms with van der Waals surface area (Å²) in [4.78, 5) is 19.8. The van der Waals surface area contributed by atoms with Gasteiger partial charge in [-0.3, -0.25) is 9.78 Å². The molecule has 2 heterocycles. The average Bonchev–Trinajstić information content (AvgIpc) is 3.03. The lowest BCUT2D eigenvalue weighted by Crippen LogP contribution is -2.12. The smallest absolute Gasteiger partial charge is 0.257 e. The van der Waals surface area contributed by atoms with E-state index in [0.717, 1.165) is 11.3 Å². The molecule has 0 bridgehead atoms. The molecule has 0 radical (unpaired) electrons. The zero-order valence-electron chi connectivity index (χ0n) is 11.2. The Bertz CT molecular complexity index is 708. The fraction of sp³-hybridized carbons (Fsp3) is 0.0667. The van der Waals surface area contributed by atoms with Gasteiger partial charge >= 0.3 is 0 Å². The number of benzene rings is 1. The maximum Gasteiger partial charge on any atom is 0.257 e. The van der Waals surface area contributed by atoms with E-state index in [0.29, 0.717) is 12.1 Å². The number of carbonyl (C=O) groups excluding carboxylic acids is 1. The van der Waals surface area contributed by atoms with Crippen LogP contribution in [-0.2, 0) is 6.54 Å². The monoisotopic (exact) mass is 279 g/mol. The molecule has 0 saturated carbocycles. The van der Waals surface area contributed by atoms with Gasteiger partial charge in [-0.05, 0) is 29.8 Å². The van der Waals surface area contributed by atoms with Gasteiger partial charge in [0.2, 0.25) is 0 Å². The Balaban J connectivity index is 1.66. The molecule has 6 nitrogen and oxygen atoms in total. The molecule has 0 aliphatic heterocycles. The Labute approximate surface area is 121 Å². The second-order valence-corrected chi connectivity index (χ2v) is 4.49. The Morgan fingerprint density at radius 2 is 2.00 bits per heavy atom. The minimum atomic E-state index is -0.174. The van der Waals surface area contributed by atoms with Crippen LogP contribution in [0.1, 0.15) is 15.9 Å². The SMILES string of the molecule is O=C(Nc1ccc(Cn2cncn2)cc1)c1cccnc1. The third-order valence-electron chi connectivity index (χ3n) is 2.95.